The minimum Gasteiger partial charge on any atom is -0.374 e. The van der Waals surface area contributed by atoms with Crippen LogP contribution in [-0.2, 0) is 13.3 Å². The van der Waals surface area contributed by atoms with Crippen LogP contribution in [0, 0.1) is 5.92 Å². The first-order chi connectivity index (χ1) is 8.64. The van der Waals surface area contributed by atoms with Gasteiger partial charge in [-0.05, 0) is 39.5 Å². The second-order valence-corrected chi connectivity index (χ2v) is 7.07. The van der Waals surface area contributed by atoms with Gasteiger partial charge in [-0.2, -0.15) is 0 Å². The summed E-state index contributed by atoms with van der Waals surface area (Å²) in [5.74, 6) is 0.554. The van der Waals surface area contributed by atoms with Gasteiger partial charge >= 0.3 is 8.80 Å². The first-order valence-corrected chi connectivity index (χ1v) is 9.15. The standard InChI is InChI=1S/C14H30O3Si/c1-6-10-11-14(5)12-13-18(15-7-2,16-8-3)17-9-4/h10-11,14H,6-9,12-13H2,1-5H3. The molecular weight excluding hydrogens is 244 g/mol. The zero-order valence-corrected chi connectivity index (χ0v) is 13.7. The zero-order valence-electron chi connectivity index (χ0n) is 12.7. The van der Waals surface area contributed by atoms with Crippen LogP contribution in [0.15, 0.2) is 12.2 Å². The van der Waals surface area contributed by atoms with Gasteiger partial charge in [0.25, 0.3) is 0 Å². The lowest BCUT2D eigenvalue weighted by atomic mass is 10.1. The Labute approximate surface area is 114 Å². The molecule has 0 saturated carbocycles. The predicted octanol–water partition coefficient (Wildman–Crippen LogP) is 4.03. The maximum Gasteiger partial charge on any atom is 0.500 e. The smallest absolute Gasteiger partial charge is 0.374 e. The zero-order chi connectivity index (χ0) is 13.9. The Balaban J connectivity index is 4.41. The molecule has 108 valence electrons. The molecule has 0 aromatic heterocycles. The quantitative estimate of drug-likeness (QED) is 0.420. The van der Waals surface area contributed by atoms with Gasteiger partial charge in [0.05, 0.1) is 0 Å². The van der Waals surface area contributed by atoms with E-state index in [1.807, 2.05) is 20.8 Å². The van der Waals surface area contributed by atoms with Crippen molar-refractivity contribution in [2.75, 3.05) is 19.8 Å². The van der Waals surface area contributed by atoms with Crippen molar-refractivity contribution < 1.29 is 13.3 Å². The summed E-state index contributed by atoms with van der Waals surface area (Å²) in [5.41, 5.74) is 0. The van der Waals surface area contributed by atoms with Gasteiger partial charge in [-0.25, -0.2) is 0 Å². The Hall–Kier alpha value is -0.163. The van der Waals surface area contributed by atoms with Gasteiger partial charge in [-0.15, -0.1) is 0 Å². The Kier molecular flexibility index (Phi) is 10.6. The lowest BCUT2D eigenvalue weighted by molar-refractivity contribution is 0.0702. The summed E-state index contributed by atoms with van der Waals surface area (Å²) in [5, 5.41) is 0. The highest BCUT2D eigenvalue weighted by Crippen LogP contribution is 2.21. The van der Waals surface area contributed by atoms with Crippen LogP contribution < -0.4 is 0 Å². The van der Waals surface area contributed by atoms with Crippen LogP contribution in [0.2, 0.25) is 6.04 Å². The van der Waals surface area contributed by atoms with Crippen LogP contribution in [0.5, 0.6) is 0 Å². The molecule has 18 heavy (non-hydrogen) atoms. The summed E-state index contributed by atoms with van der Waals surface area (Å²) >= 11 is 0. The summed E-state index contributed by atoms with van der Waals surface area (Å²) in [6.45, 7) is 12.4. The molecule has 0 spiro atoms. The van der Waals surface area contributed by atoms with Crippen LogP contribution in [0.4, 0.5) is 0 Å². The first-order valence-electron chi connectivity index (χ1n) is 7.22. The molecule has 0 aromatic rings. The minimum atomic E-state index is -2.43. The summed E-state index contributed by atoms with van der Waals surface area (Å²) in [6, 6.07) is 0.901. The van der Waals surface area contributed by atoms with Crippen LogP contribution in [-0.4, -0.2) is 28.6 Å². The normalized spacial score (nSPS) is 14.3. The number of allylic oxidation sites excluding steroid dienone is 2. The van der Waals surface area contributed by atoms with Crippen molar-refractivity contribution >= 4 is 8.80 Å². The molecule has 1 unspecified atom stereocenters. The van der Waals surface area contributed by atoms with Crippen molar-refractivity contribution in [3.8, 4) is 0 Å². The molecule has 0 aliphatic rings. The molecule has 0 fully saturated rings. The van der Waals surface area contributed by atoms with E-state index in [1.165, 1.54) is 0 Å². The molecule has 4 heteroatoms. The molecule has 0 N–H and O–H groups in total. The molecule has 0 radical (unpaired) electrons. The second-order valence-electron chi connectivity index (χ2n) is 4.33. The third kappa shape index (κ3) is 7.31. The fourth-order valence-corrected chi connectivity index (χ4v) is 4.68. The highest BCUT2D eigenvalue weighted by Gasteiger charge is 2.39. The number of rotatable bonds is 11. The Morgan fingerprint density at radius 2 is 1.44 bits per heavy atom. The molecule has 0 amide bonds. The lowest BCUT2D eigenvalue weighted by Gasteiger charge is -2.29. The van der Waals surface area contributed by atoms with E-state index < -0.39 is 8.80 Å². The monoisotopic (exact) mass is 274 g/mol. The van der Waals surface area contributed by atoms with Gasteiger partial charge < -0.3 is 13.3 Å². The van der Waals surface area contributed by atoms with Gasteiger partial charge in [0, 0.05) is 25.9 Å². The summed E-state index contributed by atoms with van der Waals surface area (Å²) in [7, 11) is -2.43. The van der Waals surface area contributed by atoms with E-state index >= 15 is 0 Å². The fraction of sp³-hybridized carbons (Fsp3) is 0.857. The molecule has 0 aromatic carbocycles. The lowest BCUT2D eigenvalue weighted by Crippen LogP contribution is -2.46. The Morgan fingerprint density at radius 3 is 1.83 bits per heavy atom. The molecule has 0 aliphatic heterocycles. The van der Waals surface area contributed by atoms with E-state index in [2.05, 4.69) is 26.0 Å². The summed E-state index contributed by atoms with van der Waals surface area (Å²) < 4.78 is 17.5. The van der Waals surface area contributed by atoms with E-state index in [0.29, 0.717) is 25.7 Å². The van der Waals surface area contributed by atoms with Crippen molar-refractivity contribution in [3.63, 3.8) is 0 Å². The van der Waals surface area contributed by atoms with Gasteiger partial charge in [0.1, 0.15) is 0 Å². The molecule has 1 atom stereocenters. The summed E-state index contributed by atoms with van der Waals surface area (Å²) in [6.07, 6.45) is 6.64. The van der Waals surface area contributed by atoms with Gasteiger partial charge in [0.15, 0.2) is 0 Å². The first kappa shape index (κ1) is 17.8. The minimum absolute atomic E-state index is 0.554. The topological polar surface area (TPSA) is 27.7 Å². The fourth-order valence-electron chi connectivity index (χ4n) is 1.87. The predicted molar refractivity (Wildman–Crippen MR) is 78.7 cm³/mol. The molecule has 3 nitrogen and oxygen atoms in total. The highest BCUT2D eigenvalue weighted by molar-refractivity contribution is 6.60. The van der Waals surface area contributed by atoms with Crippen molar-refractivity contribution in [2.24, 2.45) is 5.92 Å². The van der Waals surface area contributed by atoms with E-state index in [4.69, 9.17) is 13.3 Å². The third-order valence-electron chi connectivity index (χ3n) is 2.70. The maximum atomic E-state index is 5.84. The highest BCUT2D eigenvalue weighted by atomic mass is 28.4. The van der Waals surface area contributed by atoms with Crippen molar-refractivity contribution in [3.05, 3.63) is 12.2 Å². The van der Waals surface area contributed by atoms with Gasteiger partial charge in [0.2, 0.25) is 0 Å². The maximum absolute atomic E-state index is 5.84. The molecule has 0 bridgehead atoms. The second kappa shape index (κ2) is 10.7. The SMILES string of the molecule is CCC=CC(C)CC[Si](OCC)(OCC)OCC. The van der Waals surface area contributed by atoms with Gasteiger partial charge in [-0.3, -0.25) is 0 Å². The Bertz CT molecular complexity index is 202. The van der Waals surface area contributed by atoms with E-state index in [9.17, 15) is 0 Å². The Morgan fingerprint density at radius 1 is 0.944 bits per heavy atom. The van der Waals surface area contributed by atoms with Crippen LogP contribution in [0.3, 0.4) is 0 Å². The molecule has 0 rings (SSSR count). The molecular formula is C14H30O3Si. The van der Waals surface area contributed by atoms with Gasteiger partial charge in [-0.1, -0.05) is 26.0 Å². The number of hydrogen-bond acceptors (Lipinski definition) is 3. The third-order valence-corrected chi connectivity index (χ3v) is 5.79. The van der Waals surface area contributed by atoms with Crippen LogP contribution in [0.25, 0.3) is 0 Å². The molecule has 0 aliphatic carbocycles. The largest absolute Gasteiger partial charge is 0.500 e. The van der Waals surface area contributed by atoms with Crippen LogP contribution >= 0.6 is 0 Å². The average Bonchev–Trinajstić information content (AvgIpc) is 2.35. The van der Waals surface area contributed by atoms with E-state index in [0.717, 1.165) is 18.9 Å². The molecule has 0 saturated heterocycles. The van der Waals surface area contributed by atoms with E-state index in [-0.39, 0.29) is 0 Å². The van der Waals surface area contributed by atoms with Crippen molar-refractivity contribution in [2.45, 2.75) is 53.5 Å². The molecule has 0 heterocycles. The number of hydrogen-bond donors (Lipinski definition) is 0. The average molecular weight is 274 g/mol. The van der Waals surface area contributed by atoms with Crippen molar-refractivity contribution in [1.82, 2.24) is 0 Å². The summed E-state index contributed by atoms with van der Waals surface area (Å²) in [4.78, 5) is 0. The van der Waals surface area contributed by atoms with E-state index in [1.54, 1.807) is 0 Å². The van der Waals surface area contributed by atoms with Crippen LogP contribution in [0.1, 0.15) is 47.5 Å². The van der Waals surface area contributed by atoms with Crippen molar-refractivity contribution in [1.29, 1.82) is 0 Å².